The summed E-state index contributed by atoms with van der Waals surface area (Å²) in [5.41, 5.74) is 0.902. The predicted octanol–water partition coefficient (Wildman–Crippen LogP) is 4.29. The molecule has 0 aromatic heterocycles. The Morgan fingerprint density at radius 2 is 1.83 bits per heavy atom. The monoisotopic (exact) mass is 490 g/mol. The number of nitrogens with one attached hydrogen (secondary N) is 1. The van der Waals surface area contributed by atoms with Crippen LogP contribution in [0.5, 0.6) is 5.75 Å². The minimum Gasteiger partial charge on any atom is -0.496 e. The lowest BCUT2D eigenvalue weighted by atomic mass is 10.0. The number of benzene rings is 2. The van der Waals surface area contributed by atoms with E-state index in [-0.39, 0.29) is 23.1 Å². The molecule has 3 rings (SSSR count). The first-order valence-corrected chi connectivity index (χ1v) is 11.8. The van der Waals surface area contributed by atoms with Crippen LogP contribution in [0.25, 0.3) is 0 Å². The number of ether oxygens (including phenoxy) is 1. The molecule has 1 atom stereocenters. The zero-order valence-electron chi connectivity index (χ0n) is 17.3. The van der Waals surface area contributed by atoms with Gasteiger partial charge in [-0.3, -0.25) is 9.59 Å². The lowest BCUT2D eigenvalue weighted by Gasteiger charge is -2.33. The summed E-state index contributed by atoms with van der Waals surface area (Å²) in [4.78, 5) is 28.2. The Bertz CT molecular complexity index is 867. The summed E-state index contributed by atoms with van der Waals surface area (Å²) in [5.74, 6) is 0.885. The topological polar surface area (TPSA) is 58.6 Å². The van der Waals surface area contributed by atoms with Gasteiger partial charge in [0.25, 0.3) is 0 Å². The molecule has 7 heteroatoms. The van der Waals surface area contributed by atoms with E-state index < -0.39 is 0 Å². The lowest BCUT2D eigenvalue weighted by Crippen LogP contribution is -2.48. The fourth-order valence-electron chi connectivity index (χ4n) is 3.49. The number of hydrogen-bond acceptors (Lipinski definition) is 4. The predicted molar refractivity (Wildman–Crippen MR) is 124 cm³/mol. The molecule has 5 nitrogen and oxygen atoms in total. The average Bonchev–Trinajstić information content (AvgIpc) is 2.76. The van der Waals surface area contributed by atoms with Crippen molar-refractivity contribution in [2.24, 2.45) is 0 Å². The molecule has 0 spiro atoms. The van der Waals surface area contributed by atoms with E-state index in [2.05, 4.69) is 21.2 Å². The zero-order chi connectivity index (χ0) is 21.5. The number of nitrogens with zero attached hydrogens (tertiary/aromatic N) is 1. The van der Waals surface area contributed by atoms with Crippen LogP contribution in [0.15, 0.2) is 57.9 Å². The maximum atomic E-state index is 12.7. The standard InChI is InChI=1S/C23H27BrN2O3S/c1-16(30-20-9-7-18(24)8-10-20)23(28)25-19-11-13-26(14-12-19)22(27)15-17-5-3-4-6-21(17)29-2/h3-10,16,19H,11-15H2,1-2H3,(H,25,28). The Hall–Kier alpha value is -1.99. The van der Waals surface area contributed by atoms with Gasteiger partial charge in [0, 0.05) is 34.1 Å². The maximum absolute atomic E-state index is 12.7. The highest BCUT2D eigenvalue weighted by Crippen LogP contribution is 2.25. The number of para-hydroxylation sites is 1. The Balaban J connectivity index is 1.45. The number of rotatable bonds is 7. The Kier molecular flexibility index (Phi) is 8.22. The minimum atomic E-state index is -0.170. The van der Waals surface area contributed by atoms with Crippen LogP contribution in [0.2, 0.25) is 0 Å². The number of thioether (sulfide) groups is 1. The number of piperidine rings is 1. The van der Waals surface area contributed by atoms with Gasteiger partial charge in [0.2, 0.25) is 11.8 Å². The molecule has 2 amide bonds. The van der Waals surface area contributed by atoms with Crippen molar-refractivity contribution in [2.45, 2.75) is 42.4 Å². The minimum absolute atomic E-state index is 0.0433. The Morgan fingerprint density at radius 1 is 1.17 bits per heavy atom. The Morgan fingerprint density at radius 3 is 2.50 bits per heavy atom. The molecule has 0 radical (unpaired) electrons. The summed E-state index contributed by atoms with van der Waals surface area (Å²) < 4.78 is 6.37. The summed E-state index contributed by atoms with van der Waals surface area (Å²) in [7, 11) is 1.62. The second kappa shape index (κ2) is 10.9. The molecule has 30 heavy (non-hydrogen) atoms. The number of hydrogen-bond donors (Lipinski definition) is 1. The molecule has 160 valence electrons. The number of methoxy groups -OCH3 is 1. The van der Waals surface area contributed by atoms with E-state index in [9.17, 15) is 9.59 Å². The second-order valence-electron chi connectivity index (χ2n) is 7.37. The van der Waals surface area contributed by atoms with Crippen molar-refractivity contribution in [3.8, 4) is 5.75 Å². The van der Waals surface area contributed by atoms with Crippen LogP contribution < -0.4 is 10.1 Å². The van der Waals surface area contributed by atoms with Gasteiger partial charge in [-0.15, -0.1) is 11.8 Å². The second-order valence-corrected chi connectivity index (χ2v) is 9.70. The number of halogens is 1. The fraction of sp³-hybridized carbons (Fsp3) is 0.391. The van der Waals surface area contributed by atoms with Crippen molar-refractivity contribution >= 4 is 39.5 Å². The van der Waals surface area contributed by atoms with E-state index in [0.717, 1.165) is 33.5 Å². The van der Waals surface area contributed by atoms with Crippen molar-refractivity contribution in [3.05, 3.63) is 58.6 Å². The van der Waals surface area contributed by atoms with Gasteiger partial charge in [0.15, 0.2) is 0 Å². The van der Waals surface area contributed by atoms with Crippen LogP contribution in [0.1, 0.15) is 25.3 Å². The molecule has 0 aliphatic carbocycles. The van der Waals surface area contributed by atoms with E-state index >= 15 is 0 Å². The molecule has 1 N–H and O–H groups in total. The summed E-state index contributed by atoms with van der Waals surface area (Å²) in [6.45, 7) is 3.24. The molecule has 2 aromatic carbocycles. The van der Waals surface area contributed by atoms with E-state index in [1.165, 1.54) is 0 Å². The highest BCUT2D eigenvalue weighted by molar-refractivity contribution is 9.10. The largest absolute Gasteiger partial charge is 0.496 e. The highest BCUT2D eigenvalue weighted by atomic mass is 79.9. The normalized spacial score (nSPS) is 15.5. The molecule has 1 fully saturated rings. The fourth-order valence-corrected chi connectivity index (χ4v) is 4.63. The van der Waals surface area contributed by atoms with Gasteiger partial charge in [-0.25, -0.2) is 0 Å². The third-order valence-corrected chi connectivity index (χ3v) is 6.86. The van der Waals surface area contributed by atoms with Gasteiger partial charge in [-0.2, -0.15) is 0 Å². The summed E-state index contributed by atoms with van der Waals surface area (Å²) >= 11 is 4.97. The first kappa shape index (κ1) is 22.7. The third kappa shape index (κ3) is 6.25. The molecule has 0 saturated carbocycles. The van der Waals surface area contributed by atoms with Crippen LogP contribution in [0.3, 0.4) is 0 Å². The summed E-state index contributed by atoms with van der Waals surface area (Å²) in [6.07, 6.45) is 1.89. The highest BCUT2D eigenvalue weighted by Gasteiger charge is 2.26. The van der Waals surface area contributed by atoms with Gasteiger partial charge in [-0.05, 0) is 50.1 Å². The van der Waals surface area contributed by atoms with Crippen LogP contribution in [0.4, 0.5) is 0 Å². The average molecular weight is 491 g/mol. The van der Waals surface area contributed by atoms with Crippen molar-refractivity contribution in [2.75, 3.05) is 20.2 Å². The zero-order valence-corrected chi connectivity index (χ0v) is 19.7. The molecule has 2 aromatic rings. The van der Waals surface area contributed by atoms with E-state index in [1.54, 1.807) is 18.9 Å². The van der Waals surface area contributed by atoms with Crippen molar-refractivity contribution in [1.29, 1.82) is 0 Å². The van der Waals surface area contributed by atoms with E-state index in [1.807, 2.05) is 60.4 Å². The molecule has 1 unspecified atom stereocenters. The number of carbonyl (C=O) groups excluding carboxylic acids is 2. The molecule has 1 aliphatic rings. The summed E-state index contributed by atoms with van der Waals surface area (Å²) in [6, 6.07) is 15.7. The van der Waals surface area contributed by atoms with Gasteiger partial charge in [-0.1, -0.05) is 34.1 Å². The SMILES string of the molecule is COc1ccccc1CC(=O)N1CCC(NC(=O)C(C)Sc2ccc(Br)cc2)CC1. The molecule has 0 bridgehead atoms. The molecule has 1 saturated heterocycles. The van der Waals surface area contributed by atoms with Crippen molar-refractivity contribution in [1.82, 2.24) is 10.2 Å². The van der Waals surface area contributed by atoms with Gasteiger partial charge >= 0.3 is 0 Å². The van der Waals surface area contributed by atoms with Crippen LogP contribution >= 0.6 is 27.7 Å². The first-order valence-electron chi connectivity index (χ1n) is 10.1. The van der Waals surface area contributed by atoms with Gasteiger partial charge in [0.05, 0.1) is 18.8 Å². The smallest absolute Gasteiger partial charge is 0.233 e. The van der Waals surface area contributed by atoms with E-state index in [0.29, 0.717) is 19.5 Å². The third-order valence-electron chi connectivity index (χ3n) is 5.22. The molecular weight excluding hydrogens is 464 g/mol. The quantitative estimate of drug-likeness (QED) is 0.588. The van der Waals surface area contributed by atoms with Gasteiger partial charge in [0.1, 0.15) is 5.75 Å². The molecule has 1 aliphatic heterocycles. The van der Waals surface area contributed by atoms with Crippen LogP contribution in [-0.2, 0) is 16.0 Å². The first-order chi connectivity index (χ1) is 14.5. The Labute approximate surface area is 190 Å². The maximum Gasteiger partial charge on any atom is 0.233 e. The van der Waals surface area contributed by atoms with Crippen LogP contribution in [-0.4, -0.2) is 48.2 Å². The van der Waals surface area contributed by atoms with Gasteiger partial charge < -0.3 is 15.0 Å². The van der Waals surface area contributed by atoms with Crippen molar-refractivity contribution < 1.29 is 14.3 Å². The molecule has 1 heterocycles. The van der Waals surface area contributed by atoms with E-state index in [4.69, 9.17) is 4.74 Å². The number of likely N-dealkylation sites (tertiary alicyclic amines) is 1. The van der Waals surface area contributed by atoms with Crippen molar-refractivity contribution in [3.63, 3.8) is 0 Å². The van der Waals surface area contributed by atoms with Crippen LogP contribution in [0, 0.1) is 0 Å². The number of amides is 2. The summed E-state index contributed by atoms with van der Waals surface area (Å²) in [5, 5.41) is 2.98. The number of carbonyl (C=O) groups is 2. The lowest BCUT2D eigenvalue weighted by molar-refractivity contribution is -0.131. The molecular formula is C23H27BrN2O3S.